The van der Waals surface area contributed by atoms with Crippen molar-refractivity contribution in [2.24, 2.45) is 0 Å². The van der Waals surface area contributed by atoms with E-state index in [1.807, 2.05) is 24.3 Å². The molecule has 1 amide bonds. The molecule has 4 rings (SSSR count). The molecule has 0 aromatic carbocycles. The van der Waals surface area contributed by atoms with E-state index >= 15 is 0 Å². The van der Waals surface area contributed by atoms with Crippen molar-refractivity contribution in [3.63, 3.8) is 0 Å². The summed E-state index contributed by atoms with van der Waals surface area (Å²) in [4.78, 5) is 24.7. The lowest BCUT2D eigenvalue weighted by atomic mass is 10.2. The van der Waals surface area contributed by atoms with Crippen LogP contribution in [-0.2, 0) is 16.1 Å². The number of nitrogens with zero attached hydrogens (tertiary/aromatic N) is 3. The van der Waals surface area contributed by atoms with E-state index < -0.39 is 0 Å². The molecule has 1 fully saturated rings. The number of nitrogens with one attached hydrogen (secondary N) is 1. The van der Waals surface area contributed by atoms with Crippen LogP contribution in [0.25, 0.3) is 16.6 Å². The number of hydrogen-bond donors (Lipinski definition) is 1. The Kier molecular flexibility index (Phi) is 4.73. The summed E-state index contributed by atoms with van der Waals surface area (Å²) in [5.41, 5.74) is 1.90. The van der Waals surface area contributed by atoms with Crippen LogP contribution >= 0.6 is 0 Å². The number of fused-ring (bicyclic) bond motifs is 3. The monoisotopic (exact) mass is 372 g/mol. The van der Waals surface area contributed by atoms with Crippen LogP contribution in [0.1, 0.15) is 37.3 Å². The molecule has 144 valence electrons. The summed E-state index contributed by atoms with van der Waals surface area (Å²) in [6, 6.07) is 3.66. The highest BCUT2D eigenvalue weighted by Gasteiger charge is 2.17. The fourth-order valence-corrected chi connectivity index (χ4v) is 3.68. The van der Waals surface area contributed by atoms with Gasteiger partial charge in [-0.15, -0.1) is 0 Å². The number of rotatable bonds is 6. The Bertz CT molecular complexity index is 1040. The number of ether oxygens (including phenoxy) is 1. The van der Waals surface area contributed by atoms with Crippen LogP contribution in [0.4, 0.5) is 0 Å². The molecule has 0 radical (unpaired) electrons. The van der Waals surface area contributed by atoms with Crippen molar-refractivity contribution in [2.45, 2.75) is 52.2 Å². The van der Waals surface area contributed by atoms with Crippen LogP contribution in [0.5, 0.6) is 0 Å². The molecular weight excluding hydrogens is 348 g/mol. The lowest BCUT2D eigenvalue weighted by Crippen LogP contribution is -2.32. The summed E-state index contributed by atoms with van der Waals surface area (Å²) in [6.45, 7) is 5.47. The zero-order valence-electron chi connectivity index (χ0n) is 15.7. The van der Waals surface area contributed by atoms with Gasteiger partial charge in [-0.05, 0) is 33.1 Å². The highest BCUT2D eigenvalue weighted by Crippen LogP contribution is 2.22. The Morgan fingerprint density at radius 2 is 2.19 bits per heavy atom. The molecule has 1 aliphatic rings. The fraction of sp³-hybridized carbons (Fsp3) is 0.526. The van der Waals surface area contributed by atoms with E-state index in [9.17, 15) is 9.59 Å². The largest absolute Gasteiger partial charge is 0.460 e. The Labute approximate surface area is 156 Å². The SMILES string of the molecule is Cc1cc2c(cc3c(=O)n(CCCC(=O)NCC4CCCO4)nc(C)n32)o1. The number of carbonyl (C=O) groups excluding carboxylic acids is 1. The van der Waals surface area contributed by atoms with Gasteiger partial charge in [0, 0.05) is 38.2 Å². The quantitative estimate of drug-likeness (QED) is 0.714. The number of furan rings is 1. The lowest BCUT2D eigenvalue weighted by Gasteiger charge is -2.11. The number of carbonyl (C=O) groups is 1. The Morgan fingerprint density at radius 3 is 2.96 bits per heavy atom. The molecule has 1 saturated heterocycles. The molecule has 8 nitrogen and oxygen atoms in total. The van der Waals surface area contributed by atoms with E-state index in [0.29, 0.717) is 42.9 Å². The van der Waals surface area contributed by atoms with Crippen molar-refractivity contribution in [2.75, 3.05) is 13.2 Å². The Hall–Kier alpha value is -2.61. The summed E-state index contributed by atoms with van der Waals surface area (Å²) in [5.74, 6) is 1.49. The lowest BCUT2D eigenvalue weighted by molar-refractivity contribution is -0.121. The minimum atomic E-state index is -0.176. The third-order valence-electron chi connectivity index (χ3n) is 4.98. The van der Waals surface area contributed by atoms with Gasteiger partial charge >= 0.3 is 0 Å². The van der Waals surface area contributed by atoms with Gasteiger partial charge in [-0.25, -0.2) is 4.68 Å². The predicted octanol–water partition coefficient (Wildman–Crippen LogP) is 1.93. The molecule has 4 heterocycles. The van der Waals surface area contributed by atoms with Gasteiger partial charge in [0.05, 0.1) is 11.6 Å². The first-order valence-electron chi connectivity index (χ1n) is 9.40. The van der Waals surface area contributed by atoms with Gasteiger partial charge in [0.1, 0.15) is 17.1 Å². The summed E-state index contributed by atoms with van der Waals surface area (Å²) < 4.78 is 14.4. The van der Waals surface area contributed by atoms with Crippen molar-refractivity contribution in [1.29, 1.82) is 0 Å². The van der Waals surface area contributed by atoms with Crippen molar-refractivity contribution >= 4 is 22.5 Å². The van der Waals surface area contributed by atoms with Gasteiger partial charge in [0.15, 0.2) is 5.58 Å². The maximum atomic E-state index is 12.7. The van der Waals surface area contributed by atoms with Crippen molar-refractivity contribution in [1.82, 2.24) is 19.5 Å². The van der Waals surface area contributed by atoms with Gasteiger partial charge < -0.3 is 14.5 Å². The van der Waals surface area contributed by atoms with Crippen LogP contribution in [0.3, 0.4) is 0 Å². The number of aromatic nitrogens is 3. The second-order valence-corrected chi connectivity index (χ2v) is 7.09. The molecule has 1 atom stereocenters. The molecule has 27 heavy (non-hydrogen) atoms. The zero-order chi connectivity index (χ0) is 19.0. The van der Waals surface area contributed by atoms with Gasteiger partial charge in [0.2, 0.25) is 5.91 Å². The van der Waals surface area contributed by atoms with E-state index in [2.05, 4.69) is 10.4 Å². The topological polar surface area (TPSA) is 90.8 Å². The average molecular weight is 372 g/mol. The molecule has 0 saturated carbocycles. The molecule has 1 unspecified atom stereocenters. The van der Waals surface area contributed by atoms with Crippen LogP contribution < -0.4 is 10.9 Å². The van der Waals surface area contributed by atoms with E-state index in [-0.39, 0.29) is 17.6 Å². The van der Waals surface area contributed by atoms with Crippen molar-refractivity contribution < 1.29 is 13.9 Å². The smallest absolute Gasteiger partial charge is 0.291 e. The van der Waals surface area contributed by atoms with Crippen LogP contribution in [0.2, 0.25) is 0 Å². The molecular formula is C19H24N4O4. The number of aryl methyl sites for hydroxylation is 3. The molecule has 0 spiro atoms. The highest BCUT2D eigenvalue weighted by atomic mass is 16.5. The molecule has 3 aromatic heterocycles. The zero-order valence-corrected chi connectivity index (χ0v) is 15.7. The van der Waals surface area contributed by atoms with E-state index in [0.717, 1.165) is 30.7 Å². The molecule has 0 aliphatic carbocycles. The number of hydrogen-bond acceptors (Lipinski definition) is 5. The first-order valence-corrected chi connectivity index (χ1v) is 9.40. The van der Waals surface area contributed by atoms with Gasteiger partial charge in [-0.1, -0.05) is 0 Å². The van der Waals surface area contributed by atoms with Crippen molar-refractivity contribution in [3.05, 3.63) is 34.1 Å². The number of amides is 1. The van der Waals surface area contributed by atoms with Crippen LogP contribution in [-0.4, -0.2) is 39.3 Å². The van der Waals surface area contributed by atoms with Gasteiger partial charge in [-0.2, -0.15) is 5.10 Å². The summed E-state index contributed by atoms with van der Waals surface area (Å²) in [7, 11) is 0. The molecule has 8 heteroatoms. The summed E-state index contributed by atoms with van der Waals surface area (Å²) >= 11 is 0. The Morgan fingerprint density at radius 1 is 1.33 bits per heavy atom. The normalized spacial score (nSPS) is 17.2. The molecule has 0 bridgehead atoms. The highest BCUT2D eigenvalue weighted by molar-refractivity contribution is 5.83. The van der Waals surface area contributed by atoms with Crippen LogP contribution in [0.15, 0.2) is 21.3 Å². The van der Waals surface area contributed by atoms with Gasteiger partial charge in [-0.3, -0.25) is 14.0 Å². The summed E-state index contributed by atoms with van der Waals surface area (Å²) in [5, 5.41) is 7.31. The first-order chi connectivity index (χ1) is 13.0. The third-order valence-corrected chi connectivity index (χ3v) is 4.98. The van der Waals surface area contributed by atoms with Crippen molar-refractivity contribution in [3.8, 4) is 0 Å². The second kappa shape index (κ2) is 7.19. The minimum absolute atomic E-state index is 0.0213. The van der Waals surface area contributed by atoms with Gasteiger partial charge in [0.25, 0.3) is 5.56 Å². The average Bonchev–Trinajstić information content (AvgIpc) is 3.33. The second-order valence-electron chi connectivity index (χ2n) is 7.09. The summed E-state index contributed by atoms with van der Waals surface area (Å²) in [6.07, 6.45) is 3.10. The van der Waals surface area contributed by atoms with E-state index in [4.69, 9.17) is 9.15 Å². The standard InChI is InChI=1S/C19H24N4O4/c1-12-9-15-17(27-12)10-16-19(25)22(21-13(2)23(15)16)7-3-6-18(24)20-11-14-5-4-8-26-14/h9-10,14H,3-8,11H2,1-2H3,(H,20,24). The maximum absolute atomic E-state index is 12.7. The Balaban J connectivity index is 1.42. The van der Waals surface area contributed by atoms with Crippen LogP contribution in [0, 0.1) is 13.8 Å². The minimum Gasteiger partial charge on any atom is -0.460 e. The molecule has 1 aliphatic heterocycles. The third kappa shape index (κ3) is 3.49. The fourth-order valence-electron chi connectivity index (χ4n) is 3.68. The molecule has 3 aromatic rings. The predicted molar refractivity (Wildman–Crippen MR) is 99.9 cm³/mol. The van der Waals surface area contributed by atoms with E-state index in [1.165, 1.54) is 4.68 Å². The first kappa shape index (κ1) is 17.8. The van der Waals surface area contributed by atoms with E-state index in [1.54, 1.807) is 6.07 Å². The maximum Gasteiger partial charge on any atom is 0.291 e. The molecule has 1 N–H and O–H groups in total.